The molecule has 0 aliphatic rings. The van der Waals surface area contributed by atoms with Crippen LogP contribution in [0.1, 0.15) is 34.1 Å². The van der Waals surface area contributed by atoms with Crippen molar-refractivity contribution in [3.8, 4) is 0 Å². The molecular formula is C11H23NO. The van der Waals surface area contributed by atoms with Crippen LogP contribution in [-0.2, 0) is 0 Å². The number of hydrogen-bond acceptors (Lipinski definition) is 2. The molecule has 0 aliphatic heterocycles. The van der Waals surface area contributed by atoms with E-state index in [2.05, 4.69) is 39.1 Å². The zero-order valence-electron chi connectivity index (χ0n) is 9.35. The maximum atomic E-state index is 9.14. The van der Waals surface area contributed by atoms with Gasteiger partial charge in [-0.15, -0.1) is 0 Å². The fraction of sp³-hybridized carbons (Fsp3) is 0.818. The summed E-state index contributed by atoms with van der Waals surface area (Å²) in [6.07, 6.45) is 3.17. The van der Waals surface area contributed by atoms with Crippen LogP contribution in [0.5, 0.6) is 0 Å². The molecule has 2 heteroatoms. The van der Waals surface area contributed by atoms with E-state index >= 15 is 0 Å². The lowest BCUT2D eigenvalue weighted by molar-refractivity contribution is 0.137. The Kier molecular flexibility index (Phi) is 6.00. The third-order valence-corrected chi connectivity index (χ3v) is 2.44. The van der Waals surface area contributed by atoms with Gasteiger partial charge in [0.05, 0.1) is 0 Å². The minimum absolute atomic E-state index is 0.0372. The van der Waals surface area contributed by atoms with E-state index < -0.39 is 0 Å². The summed E-state index contributed by atoms with van der Waals surface area (Å²) in [5.74, 6) is 0. The van der Waals surface area contributed by atoms with Crippen LogP contribution in [0.2, 0.25) is 0 Å². The van der Waals surface area contributed by atoms with Crippen LogP contribution in [0.4, 0.5) is 0 Å². The Morgan fingerprint density at radius 2 is 2.08 bits per heavy atom. The maximum Gasteiger partial charge on any atom is 0.0496 e. The fourth-order valence-electron chi connectivity index (χ4n) is 0.943. The first-order valence-electron chi connectivity index (χ1n) is 4.99. The van der Waals surface area contributed by atoms with E-state index in [1.807, 2.05) is 0 Å². The highest BCUT2D eigenvalue weighted by Crippen LogP contribution is 2.17. The van der Waals surface area contributed by atoms with Crippen molar-refractivity contribution < 1.29 is 5.11 Å². The summed E-state index contributed by atoms with van der Waals surface area (Å²) in [6, 6.07) is 0. The molecule has 0 saturated heterocycles. The molecular weight excluding hydrogens is 162 g/mol. The van der Waals surface area contributed by atoms with Gasteiger partial charge >= 0.3 is 0 Å². The van der Waals surface area contributed by atoms with Crippen LogP contribution in [0.3, 0.4) is 0 Å². The number of allylic oxidation sites excluding steroid dienone is 1. The van der Waals surface area contributed by atoms with E-state index in [0.717, 1.165) is 19.5 Å². The predicted octanol–water partition coefficient (Wildman–Crippen LogP) is 1.95. The molecule has 0 bridgehead atoms. The second kappa shape index (κ2) is 6.17. The lowest BCUT2D eigenvalue weighted by Gasteiger charge is -2.25. The first kappa shape index (κ1) is 12.7. The summed E-state index contributed by atoms with van der Waals surface area (Å²) in [4.78, 5) is 0. The van der Waals surface area contributed by atoms with Gasteiger partial charge in [0.1, 0.15) is 0 Å². The Bertz CT molecular complexity index is 155. The number of rotatable bonds is 6. The average Bonchev–Trinajstić information content (AvgIpc) is 2.12. The van der Waals surface area contributed by atoms with Gasteiger partial charge in [-0.1, -0.05) is 25.5 Å². The molecule has 0 saturated carbocycles. The second-order valence-corrected chi connectivity index (χ2v) is 4.23. The summed E-state index contributed by atoms with van der Waals surface area (Å²) in [7, 11) is 0. The van der Waals surface area contributed by atoms with E-state index in [1.165, 1.54) is 5.57 Å². The van der Waals surface area contributed by atoms with Crippen molar-refractivity contribution in [2.45, 2.75) is 34.1 Å². The average molecular weight is 185 g/mol. The zero-order valence-corrected chi connectivity index (χ0v) is 9.35. The van der Waals surface area contributed by atoms with Gasteiger partial charge < -0.3 is 10.4 Å². The standard InChI is InChI=1S/C11H23NO/c1-5-11(4,9-13)8-12-7-6-10(2)3/h6,12-13H,5,7-9H2,1-4H3. The summed E-state index contributed by atoms with van der Waals surface area (Å²) in [5, 5.41) is 12.5. The zero-order chi connectivity index (χ0) is 10.3. The molecule has 0 fully saturated rings. The van der Waals surface area contributed by atoms with Crippen LogP contribution in [0.15, 0.2) is 11.6 Å². The highest BCUT2D eigenvalue weighted by Gasteiger charge is 2.19. The minimum atomic E-state index is 0.0372. The Balaban J connectivity index is 3.68. The van der Waals surface area contributed by atoms with E-state index in [-0.39, 0.29) is 12.0 Å². The molecule has 0 heterocycles. The van der Waals surface area contributed by atoms with Crippen LogP contribution >= 0.6 is 0 Å². The Morgan fingerprint density at radius 3 is 2.46 bits per heavy atom. The lowest BCUT2D eigenvalue weighted by atomic mass is 9.89. The SMILES string of the molecule is CCC(C)(CO)CNCC=C(C)C. The van der Waals surface area contributed by atoms with E-state index in [9.17, 15) is 0 Å². The Morgan fingerprint density at radius 1 is 1.46 bits per heavy atom. The molecule has 0 aliphatic carbocycles. The van der Waals surface area contributed by atoms with Gasteiger partial charge in [0, 0.05) is 25.1 Å². The fourth-order valence-corrected chi connectivity index (χ4v) is 0.943. The molecule has 1 unspecified atom stereocenters. The van der Waals surface area contributed by atoms with Crippen molar-refractivity contribution in [3.63, 3.8) is 0 Å². The van der Waals surface area contributed by atoms with Gasteiger partial charge in [0.25, 0.3) is 0 Å². The third-order valence-electron chi connectivity index (χ3n) is 2.44. The van der Waals surface area contributed by atoms with Gasteiger partial charge in [-0.2, -0.15) is 0 Å². The van der Waals surface area contributed by atoms with Crippen LogP contribution < -0.4 is 5.32 Å². The minimum Gasteiger partial charge on any atom is -0.396 e. The first-order chi connectivity index (χ1) is 6.04. The van der Waals surface area contributed by atoms with Crippen LogP contribution in [-0.4, -0.2) is 24.8 Å². The maximum absolute atomic E-state index is 9.14. The molecule has 1 atom stereocenters. The van der Waals surface area contributed by atoms with Gasteiger partial charge in [-0.3, -0.25) is 0 Å². The summed E-state index contributed by atoms with van der Waals surface area (Å²) < 4.78 is 0. The molecule has 0 amide bonds. The third kappa shape index (κ3) is 5.83. The molecule has 0 rings (SSSR count). The molecule has 0 aromatic heterocycles. The van der Waals surface area contributed by atoms with E-state index in [1.54, 1.807) is 0 Å². The summed E-state index contributed by atoms with van der Waals surface area (Å²) in [6.45, 7) is 10.4. The van der Waals surface area contributed by atoms with Gasteiger partial charge in [-0.05, 0) is 20.3 Å². The second-order valence-electron chi connectivity index (χ2n) is 4.23. The normalized spacial score (nSPS) is 15.2. The number of nitrogens with one attached hydrogen (secondary N) is 1. The molecule has 0 spiro atoms. The largest absolute Gasteiger partial charge is 0.396 e. The number of aliphatic hydroxyl groups is 1. The van der Waals surface area contributed by atoms with Gasteiger partial charge in [0.2, 0.25) is 0 Å². The first-order valence-corrected chi connectivity index (χ1v) is 4.99. The Hall–Kier alpha value is -0.340. The molecule has 13 heavy (non-hydrogen) atoms. The molecule has 0 radical (unpaired) electrons. The van der Waals surface area contributed by atoms with Gasteiger partial charge in [-0.25, -0.2) is 0 Å². The van der Waals surface area contributed by atoms with Crippen molar-refractivity contribution in [2.24, 2.45) is 5.41 Å². The van der Waals surface area contributed by atoms with Crippen LogP contribution in [0, 0.1) is 5.41 Å². The molecule has 78 valence electrons. The molecule has 0 aromatic rings. The smallest absolute Gasteiger partial charge is 0.0496 e. The lowest BCUT2D eigenvalue weighted by Crippen LogP contribution is -2.34. The number of aliphatic hydroxyl groups excluding tert-OH is 1. The molecule has 2 nitrogen and oxygen atoms in total. The van der Waals surface area contributed by atoms with Crippen molar-refractivity contribution in [1.29, 1.82) is 0 Å². The van der Waals surface area contributed by atoms with E-state index in [0.29, 0.717) is 0 Å². The predicted molar refractivity (Wildman–Crippen MR) is 57.8 cm³/mol. The monoisotopic (exact) mass is 185 g/mol. The van der Waals surface area contributed by atoms with Crippen molar-refractivity contribution in [1.82, 2.24) is 5.32 Å². The Labute approximate surface area is 82.0 Å². The van der Waals surface area contributed by atoms with Gasteiger partial charge in [0.15, 0.2) is 0 Å². The van der Waals surface area contributed by atoms with Crippen molar-refractivity contribution >= 4 is 0 Å². The van der Waals surface area contributed by atoms with Crippen LogP contribution in [0.25, 0.3) is 0 Å². The topological polar surface area (TPSA) is 32.3 Å². The van der Waals surface area contributed by atoms with Crippen molar-refractivity contribution in [2.75, 3.05) is 19.7 Å². The van der Waals surface area contributed by atoms with E-state index in [4.69, 9.17) is 5.11 Å². The summed E-state index contributed by atoms with van der Waals surface area (Å²) in [5.41, 5.74) is 1.37. The molecule has 0 aromatic carbocycles. The number of hydrogen-bond donors (Lipinski definition) is 2. The highest BCUT2D eigenvalue weighted by molar-refractivity contribution is 4.94. The summed E-state index contributed by atoms with van der Waals surface area (Å²) >= 11 is 0. The quantitative estimate of drug-likeness (QED) is 0.489. The highest BCUT2D eigenvalue weighted by atomic mass is 16.3. The van der Waals surface area contributed by atoms with Crippen molar-refractivity contribution in [3.05, 3.63) is 11.6 Å². The molecule has 2 N–H and O–H groups in total.